The maximum Gasteiger partial charge on any atom is 0.0503 e. The highest BCUT2D eigenvalue weighted by Gasteiger charge is 2.29. The second kappa shape index (κ2) is 6.46. The predicted octanol–water partition coefficient (Wildman–Crippen LogP) is 1.20. The summed E-state index contributed by atoms with van der Waals surface area (Å²) in [4.78, 5) is 2.62. The van der Waals surface area contributed by atoms with Gasteiger partial charge in [0.25, 0.3) is 0 Å². The van der Waals surface area contributed by atoms with Crippen molar-refractivity contribution in [2.24, 2.45) is 11.8 Å². The number of likely N-dealkylation sites (tertiary alicyclic amines) is 1. The van der Waals surface area contributed by atoms with Gasteiger partial charge in [-0.25, -0.2) is 0 Å². The van der Waals surface area contributed by atoms with Crippen LogP contribution in [0.3, 0.4) is 0 Å². The minimum Gasteiger partial charge on any atom is -0.384 e. The highest BCUT2D eigenvalue weighted by molar-refractivity contribution is 4.84. The van der Waals surface area contributed by atoms with Gasteiger partial charge in [0.2, 0.25) is 0 Å². The van der Waals surface area contributed by atoms with Crippen LogP contribution in [0.25, 0.3) is 0 Å². The van der Waals surface area contributed by atoms with E-state index in [0.29, 0.717) is 6.04 Å². The van der Waals surface area contributed by atoms with Crippen molar-refractivity contribution in [2.45, 2.75) is 26.3 Å². The lowest BCUT2D eigenvalue weighted by Crippen LogP contribution is -2.43. The van der Waals surface area contributed by atoms with Crippen LogP contribution in [0.15, 0.2) is 0 Å². The topological polar surface area (TPSA) is 24.5 Å². The quantitative estimate of drug-likeness (QED) is 0.719. The average Bonchev–Trinajstić information content (AvgIpc) is 2.62. The molecule has 0 amide bonds. The van der Waals surface area contributed by atoms with Crippen molar-refractivity contribution in [1.29, 1.82) is 0 Å². The van der Waals surface area contributed by atoms with Gasteiger partial charge in [0.05, 0.1) is 6.61 Å². The van der Waals surface area contributed by atoms with E-state index in [1.807, 2.05) is 7.05 Å². The molecule has 0 spiro atoms. The largest absolute Gasteiger partial charge is 0.384 e. The summed E-state index contributed by atoms with van der Waals surface area (Å²) in [5.74, 6) is 1.46. The van der Waals surface area contributed by atoms with Crippen molar-refractivity contribution >= 4 is 0 Å². The maximum absolute atomic E-state index is 5.23. The number of rotatable bonds is 6. The lowest BCUT2D eigenvalue weighted by atomic mass is 10.0. The summed E-state index contributed by atoms with van der Waals surface area (Å²) in [7, 11) is 3.84. The summed E-state index contributed by atoms with van der Waals surface area (Å²) in [6, 6.07) is 0.678. The molecule has 2 atom stereocenters. The van der Waals surface area contributed by atoms with Gasteiger partial charge in [0.1, 0.15) is 0 Å². The van der Waals surface area contributed by atoms with E-state index in [2.05, 4.69) is 24.1 Å². The highest BCUT2D eigenvalue weighted by atomic mass is 16.5. The standard InChI is InChI=1S/C12H26N2O/c1-10(2)12(7-13-3)14-6-5-11(8-14)9-15-4/h10-13H,5-9H2,1-4H3. The Bertz CT molecular complexity index is 173. The molecule has 1 aliphatic rings. The molecular weight excluding hydrogens is 188 g/mol. The third kappa shape index (κ3) is 3.74. The molecule has 1 saturated heterocycles. The zero-order valence-corrected chi connectivity index (χ0v) is 10.6. The molecule has 1 N–H and O–H groups in total. The number of nitrogens with one attached hydrogen (secondary N) is 1. The van der Waals surface area contributed by atoms with Crippen molar-refractivity contribution < 1.29 is 4.74 Å². The lowest BCUT2D eigenvalue weighted by molar-refractivity contribution is 0.138. The van der Waals surface area contributed by atoms with Gasteiger partial charge in [-0.3, -0.25) is 4.90 Å². The zero-order chi connectivity index (χ0) is 11.3. The van der Waals surface area contributed by atoms with E-state index in [1.165, 1.54) is 19.5 Å². The Kier molecular flexibility index (Phi) is 5.58. The molecule has 0 aromatic rings. The summed E-state index contributed by atoms with van der Waals surface area (Å²) in [6.07, 6.45) is 1.29. The average molecular weight is 214 g/mol. The van der Waals surface area contributed by atoms with Crippen molar-refractivity contribution in [3.05, 3.63) is 0 Å². The van der Waals surface area contributed by atoms with Gasteiger partial charge in [0, 0.05) is 26.2 Å². The Labute approximate surface area is 94.2 Å². The number of hydrogen-bond acceptors (Lipinski definition) is 3. The number of methoxy groups -OCH3 is 1. The number of ether oxygens (including phenoxy) is 1. The molecule has 2 unspecified atom stereocenters. The minimum atomic E-state index is 0.678. The number of nitrogens with zero attached hydrogens (tertiary/aromatic N) is 1. The molecule has 0 saturated carbocycles. The van der Waals surface area contributed by atoms with Crippen molar-refractivity contribution in [3.8, 4) is 0 Å². The van der Waals surface area contributed by atoms with Crippen molar-refractivity contribution in [1.82, 2.24) is 10.2 Å². The third-order valence-electron chi connectivity index (χ3n) is 3.37. The Morgan fingerprint density at radius 1 is 1.47 bits per heavy atom. The van der Waals surface area contributed by atoms with Crippen molar-refractivity contribution in [3.63, 3.8) is 0 Å². The molecule has 90 valence electrons. The molecule has 3 nitrogen and oxygen atoms in total. The molecule has 1 heterocycles. The van der Waals surface area contributed by atoms with Gasteiger partial charge in [0.15, 0.2) is 0 Å². The number of hydrogen-bond donors (Lipinski definition) is 1. The monoisotopic (exact) mass is 214 g/mol. The van der Waals surface area contributed by atoms with Crippen LogP contribution in [0.1, 0.15) is 20.3 Å². The Morgan fingerprint density at radius 2 is 2.20 bits per heavy atom. The van der Waals surface area contributed by atoms with E-state index >= 15 is 0 Å². The van der Waals surface area contributed by atoms with Gasteiger partial charge in [-0.1, -0.05) is 13.8 Å². The summed E-state index contributed by atoms with van der Waals surface area (Å²) in [5.41, 5.74) is 0. The van der Waals surface area contributed by atoms with Crippen LogP contribution < -0.4 is 5.32 Å². The Balaban J connectivity index is 2.41. The van der Waals surface area contributed by atoms with Crippen LogP contribution in [-0.4, -0.2) is 51.3 Å². The van der Waals surface area contributed by atoms with Crippen LogP contribution in [0, 0.1) is 11.8 Å². The van der Waals surface area contributed by atoms with Crippen molar-refractivity contribution in [2.75, 3.05) is 40.4 Å². The van der Waals surface area contributed by atoms with Crippen LogP contribution in [-0.2, 0) is 4.74 Å². The molecule has 0 bridgehead atoms. The van der Waals surface area contributed by atoms with E-state index < -0.39 is 0 Å². The second-order valence-electron chi connectivity index (χ2n) is 4.97. The van der Waals surface area contributed by atoms with Gasteiger partial charge in [-0.15, -0.1) is 0 Å². The van der Waals surface area contributed by atoms with Gasteiger partial charge < -0.3 is 10.1 Å². The highest BCUT2D eigenvalue weighted by Crippen LogP contribution is 2.21. The summed E-state index contributed by atoms with van der Waals surface area (Å²) in [5, 5.41) is 3.30. The molecule has 0 aromatic heterocycles. The molecule has 1 aliphatic heterocycles. The predicted molar refractivity (Wildman–Crippen MR) is 64.1 cm³/mol. The first-order valence-corrected chi connectivity index (χ1v) is 6.06. The summed E-state index contributed by atoms with van der Waals surface area (Å²) < 4.78 is 5.23. The number of likely N-dealkylation sites (N-methyl/N-ethyl adjacent to an activating group) is 1. The van der Waals surface area contributed by atoms with E-state index in [4.69, 9.17) is 4.74 Å². The van der Waals surface area contributed by atoms with Gasteiger partial charge in [-0.2, -0.15) is 0 Å². The van der Waals surface area contributed by atoms with E-state index in [0.717, 1.165) is 25.0 Å². The Morgan fingerprint density at radius 3 is 2.73 bits per heavy atom. The molecule has 0 aromatic carbocycles. The molecule has 1 rings (SSSR count). The molecule has 0 radical (unpaired) electrons. The van der Waals surface area contributed by atoms with Crippen LogP contribution in [0.4, 0.5) is 0 Å². The van der Waals surface area contributed by atoms with E-state index in [9.17, 15) is 0 Å². The minimum absolute atomic E-state index is 0.678. The smallest absolute Gasteiger partial charge is 0.0503 e. The summed E-state index contributed by atoms with van der Waals surface area (Å²) >= 11 is 0. The van der Waals surface area contributed by atoms with E-state index in [1.54, 1.807) is 7.11 Å². The lowest BCUT2D eigenvalue weighted by Gasteiger charge is -2.31. The first-order chi connectivity index (χ1) is 7.19. The molecule has 15 heavy (non-hydrogen) atoms. The fourth-order valence-electron chi connectivity index (χ4n) is 2.53. The summed E-state index contributed by atoms with van der Waals surface area (Å²) in [6.45, 7) is 9.08. The normalized spacial score (nSPS) is 25.0. The SMILES string of the molecule is CNCC(C(C)C)N1CCC(COC)C1. The molecular formula is C12H26N2O. The fourth-order valence-corrected chi connectivity index (χ4v) is 2.53. The van der Waals surface area contributed by atoms with Crippen LogP contribution >= 0.6 is 0 Å². The Hall–Kier alpha value is -0.120. The van der Waals surface area contributed by atoms with Crippen LogP contribution in [0.5, 0.6) is 0 Å². The molecule has 3 heteroatoms. The maximum atomic E-state index is 5.23. The fraction of sp³-hybridized carbons (Fsp3) is 1.00. The zero-order valence-electron chi connectivity index (χ0n) is 10.6. The van der Waals surface area contributed by atoms with Gasteiger partial charge in [-0.05, 0) is 31.8 Å². The molecule has 0 aliphatic carbocycles. The first kappa shape index (κ1) is 12.9. The van der Waals surface area contributed by atoms with Gasteiger partial charge >= 0.3 is 0 Å². The third-order valence-corrected chi connectivity index (χ3v) is 3.37. The first-order valence-electron chi connectivity index (χ1n) is 6.06. The second-order valence-corrected chi connectivity index (χ2v) is 4.97. The van der Waals surface area contributed by atoms with E-state index in [-0.39, 0.29) is 0 Å². The molecule has 1 fully saturated rings. The van der Waals surface area contributed by atoms with Crippen LogP contribution in [0.2, 0.25) is 0 Å².